The van der Waals surface area contributed by atoms with Crippen LogP contribution in [0.25, 0.3) is 11.1 Å². The summed E-state index contributed by atoms with van der Waals surface area (Å²) in [6, 6.07) is 16.1. The summed E-state index contributed by atoms with van der Waals surface area (Å²) in [5.41, 5.74) is 4.14. The van der Waals surface area contributed by atoms with Gasteiger partial charge >= 0.3 is 6.18 Å². The molecule has 0 heterocycles. The van der Waals surface area contributed by atoms with Crippen LogP contribution in [0.5, 0.6) is 0 Å². The molecule has 3 rings (SSSR count). The Morgan fingerprint density at radius 2 is 1.43 bits per heavy atom. The van der Waals surface area contributed by atoms with Crippen LogP contribution in [0.1, 0.15) is 56.6 Å². The molecule has 1 aliphatic carbocycles. The lowest BCUT2D eigenvalue weighted by atomic mass is 9.71. The molecule has 4 heteroatoms. The highest BCUT2D eigenvalue weighted by atomic mass is 19.4. The monoisotopic (exact) mass is 387 g/mol. The van der Waals surface area contributed by atoms with Crippen LogP contribution in [0.2, 0.25) is 0 Å². The zero-order chi connectivity index (χ0) is 20.2. The van der Waals surface area contributed by atoms with Gasteiger partial charge in [0.25, 0.3) is 0 Å². The molecular weight excluding hydrogens is 359 g/mol. The fourth-order valence-electron chi connectivity index (χ4n) is 4.42. The molecule has 0 spiro atoms. The van der Waals surface area contributed by atoms with Crippen LogP contribution < -0.4 is 5.32 Å². The highest BCUT2D eigenvalue weighted by molar-refractivity contribution is 5.82. The lowest BCUT2D eigenvalue weighted by molar-refractivity contribution is -0.123. The number of allylic oxidation sites excluding steroid dienone is 1. The summed E-state index contributed by atoms with van der Waals surface area (Å²) >= 11 is 0. The van der Waals surface area contributed by atoms with Crippen LogP contribution in [0.15, 0.2) is 60.8 Å². The Labute approximate surface area is 165 Å². The molecule has 0 saturated carbocycles. The van der Waals surface area contributed by atoms with Gasteiger partial charge in [0, 0.05) is 5.70 Å². The average molecular weight is 387 g/mol. The average Bonchev–Trinajstić information content (AvgIpc) is 2.97. The fraction of sp³-hybridized carbons (Fsp3) is 0.417. The quantitative estimate of drug-likeness (QED) is 0.458. The van der Waals surface area contributed by atoms with Crippen molar-refractivity contribution in [3.05, 3.63) is 71.9 Å². The van der Waals surface area contributed by atoms with Gasteiger partial charge in [0.05, 0.1) is 5.41 Å². The molecular formula is C24H28F3N. The third kappa shape index (κ3) is 3.96. The van der Waals surface area contributed by atoms with Gasteiger partial charge in [-0.3, -0.25) is 0 Å². The predicted octanol–water partition coefficient (Wildman–Crippen LogP) is 6.98. The number of alkyl halides is 3. The van der Waals surface area contributed by atoms with Gasteiger partial charge in [0.2, 0.25) is 0 Å². The van der Waals surface area contributed by atoms with Crippen molar-refractivity contribution < 1.29 is 13.2 Å². The lowest BCUT2D eigenvalue weighted by Gasteiger charge is -2.35. The summed E-state index contributed by atoms with van der Waals surface area (Å²) in [6.07, 6.45) is 2.02. The molecule has 1 aliphatic rings. The van der Waals surface area contributed by atoms with Crippen molar-refractivity contribution in [1.82, 2.24) is 5.32 Å². The predicted molar refractivity (Wildman–Crippen MR) is 109 cm³/mol. The van der Waals surface area contributed by atoms with E-state index in [9.17, 15) is 13.2 Å². The van der Waals surface area contributed by atoms with Gasteiger partial charge in [0.15, 0.2) is 0 Å². The van der Waals surface area contributed by atoms with Crippen LogP contribution in [-0.4, -0.2) is 12.7 Å². The minimum Gasteiger partial charge on any atom is -0.379 e. The summed E-state index contributed by atoms with van der Waals surface area (Å²) in [4.78, 5) is 0. The molecule has 0 unspecified atom stereocenters. The third-order valence-electron chi connectivity index (χ3n) is 5.74. The van der Waals surface area contributed by atoms with Gasteiger partial charge < -0.3 is 5.32 Å². The topological polar surface area (TPSA) is 12.0 Å². The van der Waals surface area contributed by atoms with Crippen LogP contribution in [0.4, 0.5) is 13.2 Å². The first kappa shape index (κ1) is 20.5. The molecule has 0 aliphatic heterocycles. The molecule has 2 aromatic carbocycles. The van der Waals surface area contributed by atoms with Crippen molar-refractivity contribution in [2.75, 3.05) is 6.54 Å². The molecule has 0 aromatic heterocycles. The zero-order valence-corrected chi connectivity index (χ0v) is 16.4. The van der Waals surface area contributed by atoms with E-state index in [1.54, 1.807) is 0 Å². The number of fused-ring (bicyclic) bond motifs is 3. The Morgan fingerprint density at radius 1 is 0.893 bits per heavy atom. The molecule has 0 fully saturated rings. The summed E-state index contributed by atoms with van der Waals surface area (Å²) in [5.74, 6) is 0. The number of halogens is 3. The first-order valence-corrected chi connectivity index (χ1v) is 10.1. The molecule has 0 radical (unpaired) electrons. The van der Waals surface area contributed by atoms with E-state index in [0.29, 0.717) is 5.70 Å². The molecule has 28 heavy (non-hydrogen) atoms. The number of hydrogen-bond donors (Lipinski definition) is 1. The largest absolute Gasteiger partial charge is 0.405 e. The van der Waals surface area contributed by atoms with Gasteiger partial charge in [-0.2, -0.15) is 13.2 Å². The highest BCUT2D eigenvalue weighted by Crippen LogP contribution is 2.54. The number of rotatable bonds is 9. The van der Waals surface area contributed by atoms with E-state index >= 15 is 0 Å². The Morgan fingerprint density at radius 3 is 1.96 bits per heavy atom. The SMILES string of the molecule is C=C(NCC(F)(F)F)C1(CCCCCCC)c2ccccc2-c2ccccc21. The van der Waals surface area contributed by atoms with E-state index in [-0.39, 0.29) is 0 Å². The number of nitrogens with one attached hydrogen (secondary N) is 1. The summed E-state index contributed by atoms with van der Waals surface area (Å²) < 4.78 is 38.7. The maximum absolute atomic E-state index is 12.9. The Hall–Kier alpha value is -2.23. The molecule has 1 N–H and O–H groups in total. The second-order valence-corrected chi connectivity index (χ2v) is 7.61. The summed E-state index contributed by atoms with van der Waals surface area (Å²) in [6.45, 7) is 5.23. The molecule has 0 atom stereocenters. The van der Waals surface area contributed by atoms with Crippen LogP contribution in [0.3, 0.4) is 0 Å². The van der Waals surface area contributed by atoms with Crippen LogP contribution >= 0.6 is 0 Å². The van der Waals surface area contributed by atoms with Crippen molar-refractivity contribution >= 4 is 0 Å². The van der Waals surface area contributed by atoms with Gasteiger partial charge in [-0.05, 0) is 28.7 Å². The molecule has 150 valence electrons. The van der Waals surface area contributed by atoms with E-state index < -0.39 is 18.1 Å². The molecule has 0 amide bonds. The summed E-state index contributed by atoms with van der Waals surface area (Å²) in [7, 11) is 0. The molecule has 0 saturated heterocycles. The maximum atomic E-state index is 12.9. The van der Waals surface area contributed by atoms with Crippen molar-refractivity contribution in [2.24, 2.45) is 0 Å². The number of unbranched alkanes of at least 4 members (excludes halogenated alkanes) is 4. The number of hydrogen-bond acceptors (Lipinski definition) is 1. The van der Waals surface area contributed by atoms with Crippen molar-refractivity contribution in [1.29, 1.82) is 0 Å². The minimum atomic E-state index is -4.27. The molecule has 2 aromatic rings. The number of benzene rings is 2. The normalized spacial score (nSPS) is 14.4. The van der Waals surface area contributed by atoms with E-state index in [0.717, 1.165) is 54.4 Å². The Kier molecular flexibility index (Phi) is 6.17. The molecule has 1 nitrogen and oxygen atoms in total. The van der Waals surface area contributed by atoms with Gasteiger partial charge in [-0.15, -0.1) is 0 Å². The van der Waals surface area contributed by atoms with Crippen molar-refractivity contribution in [3.8, 4) is 11.1 Å². The van der Waals surface area contributed by atoms with Gasteiger partial charge in [-0.1, -0.05) is 94.1 Å². The Bertz CT molecular complexity index is 777. The fourth-order valence-corrected chi connectivity index (χ4v) is 4.42. The first-order chi connectivity index (χ1) is 13.4. The van der Waals surface area contributed by atoms with E-state index in [4.69, 9.17) is 0 Å². The first-order valence-electron chi connectivity index (χ1n) is 10.1. The highest BCUT2D eigenvalue weighted by Gasteiger charge is 2.45. The van der Waals surface area contributed by atoms with E-state index in [1.807, 2.05) is 36.4 Å². The van der Waals surface area contributed by atoms with Gasteiger partial charge in [-0.25, -0.2) is 0 Å². The van der Waals surface area contributed by atoms with Crippen LogP contribution in [0, 0.1) is 0 Å². The molecule has 0 bridgehead atoms. The maximum Gasteiger partial charge on any atom is 0.405 e. The lowest BCUT2D eigenvalue weighted by Crippen LogP contribution is -2.39. The standard InChI is InChI=1S/C24H28F3N/c1-3-4-5-6-11-16-23(18(2)28-17-24(25,26)27)21-14-9-7-12-19(21)20-13-8-10-15-22(20)23/h7-10,12-15,28H,2-6,11,16-17H2,1H3. The van der Waals surface area contributed by atoms with Crippen molar-refractivity contribution in [3.63, 3.8) is 0 Å². The van der Waals surface area contributed by atoms with Crippen LogP contribution in [-0.2, 0) is 5.41 Å². The van der Waals surface area contributed by atoms with E-state index in [1.165, 1.54) is 6.42 Å². The van der Waals surface area contributed by atoms with Gasteiger partial charge in [0.1, 0.15) is 6.54 Å². The third-order valence-corrected chi connectivity index (χ3v) is 5.74. The smallest absolute Gasteiger partial charge is 0.379 e. The summed E-state index contributed by atoms with van der Waals surface area (Å²) in [5, 5.41) is 2.62. The Balaban J connectivity index is 2.00. The zero-order valence-electron chi connectivity index (χ0n) is 16.4. The second kappa shape index (κ2) is 8.42. The minimum absolute atomic E-state index is 0.442. The van der Waals surface area contributed by atoms with Crippen molar-refractivity contribution in [2.45, 2.75) is 57.0 Å². The second-order valence-electron chi connectivity index (χ2n) is 7.61. The van der Waals surface area contributed by atoms with E-state index in [2.05, 4.69) is 31.0 Å².